The third-order valence-electron chi connectivity index (χ3n) is 3.62. The molecule has 94 valence electrons. The maximum absolute atomic E-state index is 5.85. The van der Waals surface area contributed by atoms with Crippen LogP contribution >= 0.6 is 0 Å². The SMILES string of the molecule is Cc1cc(C)cc(-c2c(CN)nn3c2CCC3)c1. The normalized spacial score (nSPS) is 13.9. The molecule has 0 saturated carbocycles. The molecule has 18 heavy (non-hydrogen) atoms. The minimum atomic E-state index is 0.516. The molecule has 0 radical (unpaired) electrons. The highest BCUT2D eigenvalue weighted by Crippen LogP contribution is 2.32. The molecule has 1 aromatic carbocycles. The molecule has 0 unspecified atom stereocenters. The van der Waals surface area contributed by atoms with E-state index >= 15 is 0 Å². The van der Waals surface area contributed by atoms with Gasteiger partial charge in [-0.3, -0.25) is 4.68 Å². The van der Waals surface area contributed by atoms with Gasteiger partial charge in [-0.1, -0.05) is 29.3 Å². The van der Waals surface area contributed by atoms with Crippen molar-refractivity contribution in [2.24, 2.45) is 5.73 Å². The molecule has 2 aromatic rings. The summed E-state index contributed by atoms with van der Waals surface area (Å²) in [5.74, 6) is 0. The quantitative estimate of drug-likeness (QED) is 0.878. The van der Waals surface area contributed by atoms with Gasteiger partial charge >= 0.3 is 0 Å². The van der Waals surface area contributed by atoms with Crippen LogP contribution in [-0.4, -0.2) is 9.78 Å². The van der Waals surface area contributed by atoms with Gasteiger partial charge in [0.05, 0.1) is 5.69 Å². The Hall–Kier alpha value is -1.61. The fourth-order valence-corrected chi connectivity index (χ4v) is 2.98. The number of aryl methyl sites for hydroxylation is 3. The summed E-state index contributed by atoms with van der Waals surface area (Å²) in [5, 5.41) is 4.64. The summed E-state index contributed by atoms with van der Waals surface area (Å²) in [7, 11) is 0. The highest BCUT2D eigenvalue weighted by molar-refractivity contribution is 5.70. The van der Waals surface area contributed by atoms with Crippen molar-refractivity contribution in [3.05, 3.63) is 40.7 Å². The number of hydrogen-bond acceptors (Lipinski definition) is 2. The molecule has 0 atom stereocenters. The zero-order valence-electron chi connectivity index (χ0n) is 11.0. The van der Waals surface area contributed by atoms with Gasteiger partial charge in [0.2, 0.25) is 0 Å². The first-order valence-electron chi connectivity index (χ1n) is 6.56. The van der Waals surface area contributed by atoms with Crippen LogP contribution in [0.4, 0.5) is 0 Å². The average molecular weight is 241 g/mol. The van der Waals surface area contributed by atoms with E-state index in [0.29, 0.717) is 6.54 Å². The second-order valence-electron chi connectivity index (χ2n) is 5.18. The Morgan fingerprint density at radius 2 is 1.94 bits per heavy atom. The van der Waals surface area contributed by atoms with Crippen LogP contribution in [0, 0.1) is 13.8 Å². The van der Waals surface area contributed by atoms with E-state index in [9.17, 15) is 0 Å². The molecule has 3 nitrogen and oxygen atoms in total. The molecule has 0 fully saturated rings. The van der Waals surface area contributed by atoms with E-state index in [2.05, 4.69) is 41.8 Å². The van der Waals surface area contributed by atoms with Crippen LogP contribution in [0.25, 0.3) is 11.1 Å². The zero-order valence-corrected chi connectivity index (χ0v) is 11.0. The van der Waals surface area contributed by atoms with Crippen molar-refractivity contribution in [1.82, 2.24) is 9.78 Å². The maximum atomic E-state index is 5.85. The third-order valence-corrected chi connectivity index (χ3v) is 3.62. The predicted molar refractivity (Wildman–Crippen MR) is 73.3 cm³/mol. The van der Waals surface area contributed by atoms with E-state index in [4.69, 9.17) is 5.73 Å². The summed E-state index contributed by atoms with van der Waals surface area (Å²) in [4.78, 5) is 0. The van der Waals surface area contributed by atoms with Crippen molar-refractivity contribution in [3.8, 4) is 11.1 Å². The van der Waals surface area contributed by atoms with E-state index < -0.39 is 0 Å². The van der Waals surface area contributed by atoms with Crippen LogP contribution in [0.3, 0.4) is 0 Å². The van der Waals surface area contributed by atoms with Gasteiger partial charge in [-0.2, -0.15) is 5.10 Å². The number of fused-ring (bicyclic) bond motifs is 1. The Bertz CT molecular complexity index is 576. The molecule has 0 spiro atoms. The van der Waals surface area contributed by atoms with Gasteiger partial charge in [0, 0.05) is 24.3 Å². The van der Waals surface area contributed by atoms with Gasteiger partial charge in [-0.25, -0.2) is 0 Å². The first-order chi connectivity index (χ1) is 8.69. The lowest BCUT2D eigenvalue weighted by Gasteiger charge is -2.07. The summed E-state index contributed by atoms with van der Waals surface area (Å²) in [6.45, 7) is 5.83. The van der Waals surface area contributed by atoms with E-state index in [-0.39, 0.29) is 0 Å². The molecule has 0 saturated heterocycles. The number of rotatable bonds is 2. The van der Waals surface area contributed by atoms with Crippen LogP contribution in [0.1, 0.15) is 28.9 Å². The standard InChI is InChI=1S/C15H19N3/c1-10-6-11(2)8-12(7-10)15-13(9-16)17-18-5-3-4-14(15)18/h6-8H,3-5,9,16H2,1-2H3. The number of benzene rings is 1. The summed E-state index contributed by atoms with van der Waals surface area (Å²) in [6.07, 6.45) is 2.32. The fraction of sp³-hybridized carbons (Fsp3) is 0.400. The minimum absolute atomic E-state index is 0.516. The third kappa shape index (κ3) is 1.75. The largest absolute Gasteiger partial charge is 0.325 e. The van der Waals surface area contributed by atoms with Crippen molar-refractivity contribution < 1.29 is 0 Å². The highest BCUT2D eigenvalue weighted by Gasteiger charge is 2.22. The molecule has 2 heterocycles. The molecule has 1 aliphatic heterocycles. The second-order valence-corrected chi connectivity index (χ2v) is 5.18. The van der Waals surface area contributed by atoms with Crippen molar-refractivity contribution in [2.45, 2.75) is 39.8 Å². The van der Waals surface area contributed by atoms with Gasteiger partial charge in [0.25, 0.3) is 0 Å². The monoisotopic (exact) mass is 241 g/mol. The Morgan fingerprint density at radius 3 is 2.61 bits per heavy atom. The second kappa shape index (κ2) is 4.25. The van der Waals surface area contributed by atoms with Gasteiger partial charge < -0.3 is 5.73 Å². The van der Waals surface area contributed by atoms with E-state index in [0.717, 1.165) is 18.7 Å². The van der Waals surface area contributed by atoms with Crippen molar-refractivity contribution in [3.63, 3.8) is 0 Å². The molecular weight excluding hydrogens is 222 g/mol. The van der Waals surface area contributed by atoms with Gasteiger partial charge in [0.1, 0.15) is 0 Å². The Morgan fingerprint density at radius 1 is 1.22 bits per heavy atom. The Balaban J connectivity index is 2.21. The summed E-state index contributed by atoms with van der Waals surface area (Å²) >= 11 is 0. The number of aromatic nitrogens is 2. The number of nitrogens with zero attached hydrogens (tertiary/aromatic N) is 2. The smallest absolute Gasteiger partial charge is 0.0841 e. The number of hydrogen-bond donors (Lipinski definition) is 1. The predicted octanol–water partition coefficient (Wildman–Crippen LogP) is 2.57. The van der Waals surface area contributed by atoms with Crippen molar-refractivity contribution >= 4 is 0 Å². The summed E-state index contributed by atoms with van der Waals surface area (Å²) in [6, 6.07) is 6.68. The first-order valence-corrected chi connectivity index (χ1v) is 6.56. The molecular formula is C15H19N3. The lowest BCUT2D eigenvalue weighted by Crippen LogP contribution is -2.01. The van der Waals surface area contributed by atoms with Gasteiger partial charge in [-0.05, 0) is 32.3 Å². The van der Waals surface area contributed by atoms with Crippen LogP contribution in [-0.2, 0) is 19.5 Å². The average Bonchev–Trinajstić information content (AvgIpc) is 2.85. The van der Waals surface area contributed by atoms with Crippen LogP contribution in [0.5, 0.6) is 0 Å². The number of nitrogens with two attached hydrogens (primary N) is 1. The van der Waals surface area contributed by atoms with Crippen molar-refractivity contribution in [2.75, 3.05) is 0 Å². The first kappa shape index (κ1) is 11.5. The highest BCUT2D eigenvalue weighted by atomic mass is 15.3. The lowest BCUT2D eigenvalue weighted by atomic mass is 9.98. The Labute approximate surface area is 108 Å². The summed E-state index contributed by atoms with van der Waals surface area (Å²) < 4.78 is 2.13. The Kier molecular flexibility index (Phi) is 2.71. The molecule has 2 N–H and O–H groups in total. The van der Waals surface area contributed by atoms with E-state index in [1.54, 1.807) is 0 Å². The molecule has 0 bridgehead atoms. The molecule has 1 aliphatic rings. The topological polar surface area (TPSA) is 43.8 Å². The van der Waals surface area contributed by atoms with Crippen LogP contribution < -0.4 is 5.73 Å². The fourth-order valence-electron chi connectivity index (χ4n) is 2.98. The lowest BCUT2D eigenvalue weighted by molar-refractivity contribution is 0.644. The molecule has 0 amide bonds. The molecule has 3 rings (SSSR count). The van der Waals surface area contributed by atoms with Crippen LogP contribution in [0.2, 0.25) is 0 Å². The van der Waals surface area contributed by atoms with E-state index in [1.807, 2.05) is 0 Å². The molecule has 0 aliphatic carbocycles. The molecule has 1 aromatic heterocycles. The molecule has 3 heteroatoms. The van der Waals surface area contributed by atoms with Gasteiger partial charge in [0.15, 0.2) is 0 Å². The van der Waals surface area contributed by atoms with E-state index in [1.165, 1.54) is 34.4 Å². The summed E-state index contributed by atoms with van der Waals surface area (Å²) in [5.41, 5.74) is 13.4. The van der Waals surface area contributed by atoms with Gasteiger partial charge in [-0.15, -0.1) is 0 Å². The maximum Gasteiger partial charge on any atom is 0.0841 e. The van der Waals surface area contributed by atoms with Crippen LogP contribution in [0.15, 0.2) is 18.2 Å². The minimum Gasteiger partial charge on any atom is -0.325 e. The van der Waals surface area contributed by atoms with Crippen molar-refractivity contribution in [1.29, 1.82) is 0 Å². The zero-order chi connectivity index (χ0) is 12.7.